The van der Waals surface area contributed by atoms with Gasteiger partial charge in [-0.05, 0) is 26.0 Å². The average Bonchev–Trinajstić information content (AvgIpc) is 3.28. The van der Waals surface area contributed by atoms with Crippen LogP contribution in [0, 0.1) is 10.1 Å². The van der Waals surface area contributed by atoms with E-state index in [-0.39, 0.29) is 35.0 Å². The van der Waals surface area contributed by atoms with Crippen molar-refractivity contribution in [3.8, 4) is 0 Å². The number of anilines is 2. The first-order valence-electron chi connectivity index (χ1n) is 9.76. The molecule has 1 saturated heterocycles. The molecule has 3 heterocycles. The smallest absolute Gasteiger partial charge is 0.353 e. The number of ether oxygens (including phenoxy) is 1. The normalized spacial score (nSPS) is 14.3. The van der Waals surface area contributed by atoms with Gasteiger partial charge in [-0.3, -0.25) is 14.9 Å². The number of carbonyl (C=O) groups excluding carboxylic acids is 1. The fraction of sp³-hybridized carbons (Fsp3) is 0.526. The summed E-state index contributed by atoms with van der Waals surface area (Å²) in [5.74, 6) is 0.622. The van der Waals surface area contributed by atoms with E-state index >= 15 is 0 Å². The van der Waals surface area contributed by atoms with Gasteiger partial charge in [0.2, 0.25) is 11.6 Å². The molecule has 0 N–H and O–H groups in total. The van der Waals surface area contributed by atoms with Crippen LogP contribution in [-0.2, 0) is 4.74 Å². The number of rotatable bonds is 8. The minimum absolute atomic E-state index is 0.00985. The van der Waals surface area contributed by atoms with Crippen molar-refractivity contribution in [1.82, 2.24) is 14.9 Å². The van der Waals surface area contributed by atoms with Gasteiger partial charge in [-0.25, -0.2) is 9.97 Å². The molecule has 1 aliphatic rings. The summed E-state index contributed by atoms with van der Waals surface area (Å²) in [5, 5.41) is 12.0. The molecule has 0 aliphatic carbocycles. The summed E-state index contributed by atoms with van der Waals surface area (Å²) >= 11 is 0. The topological polar surface area (TPSA) is 118 Å². The molecule has 0 unspecified atom stereocenters. The number of amides is 1. The number of aromatic nitrogens is 2. The lowest BCUT2D eigenvalue weighted by Gasteiger charge is -2.35. The van der Waals surface area contributed by atoms with Gasteiger partial charge in [0.1, 0.15) is 6.33 Å². The van der Waals surface area contributed by atoms with Crippen LogP contribution >= 0.6 is 0 Å². The van der Waals surface area contributed by atoms with Gasteiger partial charge in [-0.1, -0.05) is 0 Å². The Balaban J connectivity index is 1.82. The van der Waals surface area contributed by atoms with Crippen molar-refractivity contribution < 1.29 is 18.9 Å². The molecule has 1 amide bonds. The van der Waals surface area contributed by atoms with Crippen molar-refractivity contribution in [2.75, 3.05) is 56.2 Å². The number of hydrogen-bond donors (Lipinski definition) is 0. The summed E-state index contributed by atoms with van der Waals surface area (Å²) in [4.78, 5) is 37.8. The van der Waals surface area contributed by atoms with E-state index in [0.717, 1.165) is 0 Å². The van der Waals surface area contributed by atoms with E-state index in [9.17, 15) is 14.9 Å². The molecule has 1 aliphatic heterocycles. The Labute approximate surface area is 174 Å². The third kappa shape index (κ3) is 4.51. The maximum atomic E-state index is 12.5. The van der Waals surface area contributed by atoms with Crippen molar-refractivity contribution in [3.63, 3.8) is 0 Å². The third-order valence-electron chi connectivity index (χ3n) is 5.00. The molecular weight excluding hydrogens is 392 g/mol. The van der Waals surface area contributed by atoms with E-state index in [2.05, 4.69) is 9.97 Å². The molecule has 162 valence electrons. The Kier molecular flexibility index (Phi) is 6.83. The van der Waals surface area contributed by atoms with Gasteiger partial charge in [0.15, 0.2) is 5.76 Å². The first kappa shape index (κ1) is 21.5. The van der Waals surface area contributed by atoms with Crippen molar-refractivity contribution in [2.45, 2.75) is 19.9 Å². The lowest BCUT2D eigenvalue weighted by Crippen LogP contribution is -2.49. The number of hydrogen-bond acceptors (Lipinski definition) is 9. The predicted octanol–water partition coefficient (Wildman–Crippen LogP) is 1.80. The number of piperazine rings is 1. The maximum Gasteiger partial charge on any atom is 0.353 e. The second kappa shape index (κ2) is 9.53. The van der Waals surface area contributed by atoms with Gasteiger partial charge in [0.25, 0.3) is 5.91 Å². The molecule has 0 spiro atoms. The highest BCUT2D eigenvalue weighted by Gasteiger charge is 2.33. The quantitative estimate of drug-likeness (QED) is 0.467. The highest BCUT2D eigenvalue weighted by molar-refractivity contribution is 5.91. The first-order chi connectivity index (χ1) is 14.4. The summed E-state index contributed by atoms with van der Waals surface area (Å²) < 4.78 is 10.3. The highest BCUT2D eigenvalue weighted by atomic mass is 16.6. The zero-order valence-electron chi connectivity index (χ0n) is 17.4. The zero-order valence-corrected chi connectivity index (χ0v) is 17.4. The molecule has 1 fully saturated rings. The Morgan fingerprint density at radius 1 is 1.33 bits per heavy atom. The standard InChI is InChI=1S/C19H26N6O5/c1-14(2)24(10-12-29-3)18-16(25(27)28)17(20-13-21-18)22-6-8-23(9-7-22)19(26)15-5-4-11-30-15/h4-5,11,13-14H,6-10,12H2,1-3H3. The fourth-order valence-corrected chi connectivity index (χ4v) is 3.44. The minimum Gasteiger partial charge on any atom is -0.459 e. The molecule has 2 aromatic heterocycles. The van der Waals surface area contributed by atoms with Crippen molar-refractivity contribution in [1.29, 1.82) is 0 Å². The molecule has 11 heteroatoms. The second-order valence-corrected chi connectivity index (χ2v) is 7.16. The Morgan fingerprint density at radius 3 is 2.63 bits per heavy atom. The number of methoxy groups -OCH3 is 1. The van der Waals surface area contributed by atoms with E-state index in [1.165, 1.54) is 12.6 Å². The second-order valence-electron chi connectivity index (χ2n) is 7.16. The van der Waals surface area contributed by atoms with Gasteiger partial charge in [0, 0.05) is 45.9 Å². The molecule has 0 bridgehead atoms. The summed E-state index contributed by atoms with van der Waals surface area (Å²) in [6.07, 6.45) is 2.81. The fourth-order valence-electron chi connectivity index (χ4n) is 3.44. The van der Waals surface area contributed by atoms with Crippen molar-refractivity contribution in [3.05, 3.63) is 40.6 Å². The molecule has 0 saturated carbocycles. The summed E-state index contributed by atoms with van der Waals surface area (Å²) in [7, 11) is 1.59. The summed E-state index contributed by atoms with van der Waals surface area (Å²) in [6.45, 7) is 6.44. The monoisotopic (exact) mass is 418 g/mol. The van der Waals surface area contributed by atoms with Crippen LogP contribution in [0.2, 0.25) is 0 Å². The lowest BCUT2D eigenvalue weighted by molar-refractivity contribution is -0.383. The van der Waals surface area contributed by atoms with Crippen LogP contribution in [0.1, 0.15) is 24.4 Å². The van der Waals surface area contributed by atoms with Crippen LogP contribution < -0.4 is 9.80 Å². The van der Waals surface area contributed by atoms with Gasteiger partial charge in [-0.15, -0.1) is 0 Å². The van der Waals surface area contributed by atoms with Crippen LogP contribution in [-0.4, -0.2) is 78.2 Å². The van der Waals surface area contributed by atoms with Gasteiger partial charge in [-0.2, -0.15) is 0 Å². The van der Waals surface area contributed by atoms with E-state index in [0.29, 0.717) is 39.3 Å². The number of furan rings is 1. The summed E-state index contributed by atoms with van der Waals surface area (Å²) in [5.41, 5.74) is -0.131. The molecule has 3 rings (SSSR count). The number of carbonyl (C=O) groups is 1. The maximum absolute atomic E-state index is 12.5. The van der Waals surface area contributed by atoms with E-state index in [4.69, 9.17) is 9.15 Å². The van der Waals surface area contributed by atoms with Gasteiger partial charge < -0.3 is 23.9 Å². The number of nitro groups is 1. The Bertz CT molecular complexity index is 864. The Hall–Kier alpha value is -3.21. The average molecular weight is 418 g/mol. The predicted molar refractivity (Wildman–Crippen MR) is 110 cm³/mol. The van der Waals surface area contributed by atoms with Crippen LogP contribution in [0.4, 0.5) is 17.3 Å². The van der Waals surface area contributed by atoms with Crippen LogP contribution in [0.5, 0.6) is 0 Å². The molecule has 30 heavy (non-hydrogen) atoms. The van der Waals surface area contributed by atoms with Gasteiger partial charge >= 0.3 is 5.69 Å². The first-order valence-corrected chi connectivity index (χ1v) is 9.76. The van der Waals surface area contributed by atoms with Crippen molar-refractivity contribution >= 4 is 23.2 Å². The molecule has 2 aromatic rings. The summed E-state index contributed by atoms with van der Waals surface area (Å²) in [6, 6.07) is 3.28. The van der Waals surface area contributed by atoms with Crippen LogP contribution in [0.15, 0.2) is 29.1 Å². The van der Waals surface area contributed by atoms with Crippen LogP contribution in [0.25, 0.3) is 0 Å². The van der Waals surface area contributed by atoms with E-state index in [1.54, 1.807) is 24.1 Å². The van der Waals surface area contributed by atoms with E-state index in [1.807, 2.05) is 23.6 Å². The lowest BCUT2D eigenvalue weighted by atomic mass is 10.2. The molecule has 0 aromatic carbocycles. The molecule has 0 radical (unpaired) electrons. The zero-order chi connectivity index (χ0) is 21.7. The van der Waals surface area contributed by atoms with Crippen molar-refractivity contribution in [2.24, 2.45) is 0 Å². The molecule has 0 atom stereocenters. The highest BCUT2D eigenvalue weighted by Crippen LogP contribution is 2.35. The third-order valence-corrected chi connectivity index (χ3v) is 5.00. The SMILES string of the molecule is COCCN(c1ncnc(N2CCN(C(=O)c3ccco3)CC2)c1[N+](=O)[O-])C(C)C. The molecular formula is C19H26N6O5. The Morgan fingerprint density at radius 2 is 2.07 bits per heavy atom. The van der Waals surface area contributed by atoms with Gasteiger partial charge in [0.05, 0.1) is 17.8 Å². The largest absolute Gasteiger partial charge is 0.459 e. The minimum atomic E-state index is -0.437. The van der Waals surface area contributed by atoms with E-state index < -0.39 is 4.92 Å². The van der Waals surface area contributed by atoms with Crippen LogP contribution in [0.3, 0.4) is 0 Å². The molecule has 11 nitrogen and oxygen atoms in total. The number of nitrogens with zero attached hydrogens (tertiary/aromatic N) is 6.